The fourth-order valence-electron chi connectivity index (χ4n) is 10.3. The highest BCUT2D eigenvalue weighted by Gasteiger charge is 2.18. The van der Waals surface area contributed by atoms with Crippen LogP contribution in [0.15, 0.2) is 36.5 Å². The van der Waals surface area contributed by atoms with Crippen molar-refractivity contribution in [3.8, 4) is 0 Å². The second-order valence-corrected chi connectivity index (χ2v) is 22.8. The topological polar surface area (TPSA) is 95.9 Å². The average molecular weight is 1040 g/mol. The summed E-state index contributed by atoms with van der Waals surface area (Å²) >= 11 is 0. The van der Waals surface area contributed by atoms with E-state index in [0.29, 0.717) is 19.4 Å². The van der Waals surface area contributed by atoms with Gasteiger partial charge in [-0.3, -0.25) is 9.59 Å². The molecule has 0 fully saturated rings. The maximum Gasteiger partial charge on any atom is 0.305 e. The number of allylic oxidation sites excluding steroid dienone is 5. The van der Waals surface area contributed by atoms with Crippen molar-refractivity contribution < 1.29 is 24.5 Å². The van der Waals surface area contributed by atoms with Crippen LogP contribution < -0.4 is 5.32 Å². The molecule has 0 saturated heterocycles. The monoisotopic (exact) mass is 1040 g/mol. The molecule has 0 aliphatic rings. The third kappa shape index (κ3) is 59.3. The van der Waals surface area contributed by atoms with Crippen molar-refractivity contribution in [2.24, 2.45) is 0 Å². The van der Waals surface area contributed by atoms with E-state index in [1.807, 2.05) is 6.08 Å². The highest BCUT2D eigenvalue weighted by molar-refractivity contribution is 5.76. The highest BCUT2D eigenvalue weighted by atomic mass is 16.5. The number of amides is 1. The molecule has 0 saturated carbocycles. The van der Waals surface area contributed by atoms with Gasteiger partial charge in [0.2, 0.25) is 5.91 Å². The Hall–Kier alpha value is -1.92. The number of ether oxygens (including phenoxy) is 1. The fraction of sp³-hybridized carbons (Fsp3) is 0.882. The molecule has 3 N–H and O–H groups in total. The minimum atomic E-state index is -0.848. The van der Waals surface area contributed by atoms with Gasteiger partial charge in [0.25, 0.3) is 0 Å². The lowest BCUT2D eigenvalue weighted by molar-refractivity contribution is -0.143. The van der Waals surface area contributed by atoms with E-state index in [4.69, 9.17) is 4.74 Å². The van der Waals surface area contributed by atoms with Crippen molar-refractivity contribution in [3.05, 3.63) is 36.5 Å². The molecule has 2 atom stereocenters. The summed E-state index contributed by atoms with van der Waals surface area (Å²) in [6.45, 7) is 4.91. The van der Waals surface area contributed by atoms with Gasteiger partial charge in [0, 0.05) is 12.8 Å². The van der Waals surface area contributed by atoms with Crippen LogP contribution >= 0.6 is 0 Å². The van der Waals surface area contributed by atoms with E-state index in [1.54, 1.807) is 6.08 Å². The average Bonchev–Trinajstić information content (AvgIpc) is 3.40. The number of aliphatic hydroxyl groups excluding tert-OH is 2. The second-order valence-electron chi connectivity index (χ2n) is 22.8. The molecule has 6 nitrogen and oxygen atoms in total. The van der Waals surface area contributed by atoms with Gasteiger partial charge in [0.05, 0.1) is 25.4 Å². The van der Waals surface area contributed by atoms with Gasteiger partial charge < -0.3 is 20.3 Å². The van der Waals surface area contributed by atoms with E-state index >= 15 is 0 Å². The molecule has 0 radical (unpaired) electrons. The van der Waals surface area contributed by atoms with Gasteiger partial charge in [-0.1, -0.05) is 301 Å². The van der Waals surface area contributed by atoms with Crippen LogP contribution in [0.2, 0.25) is 0 Å². The molecule has 0 spiro atoms. The lowest BCUT2D eigenvalue weighted by atomic mass is 10.0. The van der Waals surface area contributed by atoms with Crippen LogP contribution in [0.25, 0.3) is 0 Å². The Bertz CT molecular complexity index is 1200. The molecule has 0 rings (SSSR count). The third-order valence-corrected chi connectivity index (χ3v) is 15.4. The summed E-state index contributed by atoms with van der Waals surface area (Å²) in [5, 5.41) is 23.2. The Balaban J connectivity index is 3.44. The summed E-state index contributed by atoms with van der Waals surface area (Å²) in [6, 6.07) is -0.632. The van der Waals surface area contributed by atoms with E-state index in [1.165, 1.54) is 289 Å². The minimum absolute atomic E-state index is 0.00300. The van der Waals surface area contributed by atoms with E-state index in [9.17, 15) is 19.8 Å². The molecule has 436 valence electrons. The first kappa shape index (κ1) is 72.1. The summed E-state index contributed by atoms with van der Waals surface area (Å²) < 4.78 is 5.47. The third-order valence-electron chi connectivity index (χ3n) is 15.4. The number of esters is 1. The quantitative estimate of drug-likeness (QED) is 0.0320. The minimum Gasteiger partial charge on any atom is -0.466 e. The number of carbonyl (C=O) groups is 2. The highest BCUT2D eigenvalue weighted by Crippen LogP contribution is 2.18. The predicted octanol–water partition coefficient (Wildman–Crippen LogP) is 21.1. The largest absolute Gasteiger partial charge is 0.466 e. The van der Waals surface area contributed by atoms with Crippen molar-refractivity contribution in [3.63, 3.8) is 0 Å². The van der Waals surface area contributed by atoms with Crippen LogP contribution in [0.1, 0.15) is 361 Å². The molecule has 0 aromatic rings. The Morgan fingerprint density at radius 1 is 0.365 bits per heavy atom. The molecule has 0 heterocycles. The first-order valence-electron chi connectivity index (χ1n) is 33.3. The van der Waals surface area contributed by atoms with Crippen LogP contribution in [-0.2, 0) is 14.3 Å². The number of aliphatic hydroxyl groups is 2. The fourth-order valence-corrected chi connectivity index (χ4v) is 10.3. The van der Waals surface area contributed by atoms with Crippen LogP contribution in [-0.4, -0.2) is 47.4 Å². The maximum absolute atomic E-state index is 12.5. The SMILES string of the molecule is CCCCCC/C=C\CCCCCCCC(=O)OCCCCCCCCCCCCCC/C=C\CCCCCCCCCCC(=O)NC(CO)C(O)/C=C/CCCCCCCCCCCCCCCCCCCC. The van der Waals surface area contributed by atoms with E-state index in [-0.39, 0.29) is 18.5 Å². The van der Waals surface area contributed by atoms with Gasteiger partial charge in [-0.15, -0.1) is 0 Å². The Morgan fingerprint density at radius 2 is 0.635 bits per heavy atom. The number of carbonyl (C=O) groups excluding carboxylic acids is 2. The van der Waals surface area contributed by atoms with E-state index < -0.39 is 12.1 Å². The van der Waals surface area contributed by atoms with Gasteiger partial charge in [-0.05, 0) is 83.5 Å². The van der Waals surface area contributed by atoms with Crippen LogP contribution in [0.5, 0.6) is 0 Å². The first-order chi connectivity index (χ1) is 36.5. The van der Waals surface area contributed by atoms with Crippen LogP contribution in [0.4, 0.5) is 0 Å². The molecule has 0 bridgehead atoms. The first-order valence-corrected chi connectivity index (χ1v) is 33.3. The number of rotatable bonds is 62. The molecular weight excluding hydrogens is 911 g/mol. The van der Waals surface area contributed by atoms with Gasteiger partial charge >= 0.3 is 5.97 Å². The van der Waals surface area contributed by atoms with Gasteiger partial charge in [-0.25, -0.2) is 0 Å². The summed E-state index contributed by atoms with van der Waals surface area (Å²) in [7, 11) is 0. The van der Waals surface area contributed by atoms with Crippen molar-refractivity contribution in [2.45, 2.75) is 373 Å². The lowest BCUT2D eigenvalue weighted by Gasteiger charge is -2.20. The molecule has 0 aliphatic heterocycles. The molecule has 0 aromatic heterocycles. The molecule has 1 amide bonds. The summed E-state index contributed by atoms with van der Waals surface area (Å²) in [6.07, 6.45) is 80.6. The Labute approximate surface area is 462 Å². The van der Waals surface area contributed by atoms with E-state index in [2.05, 4.69) is 43.5 Å². The number of nitrogens with one attached hydrogen (secondary N) is 1. The van der Waals surface area contributed by atoms with Crippen LogP contribution in [0.3, 0.4) is 0 Å². The van der Waals surface area contributed by atoms with Crippen molar-refractivity contribution >= 4 is 11.9 Å². The van der Waals surface area contributed by atoms with Gasteiger partial charge in [0.15, 0.2) is 0 Å². The zero-order valence-corrected chi connectivity index (χ0v) is 49.8. The molecule has 6 heteroatoms. The maximum atomic E-state index is 12.5. The predicted molar refractivity (Wildman–Crippen MR) is 324 cm³/mol. The summed E-state index contributed by atoms with van der Waals surface area (Å²) in [5.41, 5.74) is 0. The Kier molecular flexibility index (Phi) is 62.0. The molecule has 0 aromatic carbocycles. The zero-order chi connectivity index (χ0) is 53.6. The number of unbranched alkanes of at least 4 members (excludes halogenated alkanes) is 47. The molecule has 74 heavy (non-hydrogen) atoms. The number of hydrogen-bond acceptors (Lipinski definition) is 5. The molecule has 2 unspecified atom stereocenters. The van der Waals surface area contributed by atoms with E-state index in [0.717, 1.165) is 44.9 Å². The Morgan fingerprint density at radius 3 is 0.973 bits per heavy atom. The summed E-state index contributed by atoms with van der Waals surface area (Å²) in [5.74, 6) is -0.0667. The summed E-state index contributed by atoms with van der Waals surface area (Å²) in [4.78, 5) is 24.5. The van der Waals surface area contributed by atoms with Crippen molar-refractivity contribution in [1.82, 2.24) is 5.32 Å². The zero-order valence-electron chi connectivity index (χ0n) is 49.8. The van der Waals surface area contributed by atoms with Crippen molar-refractivity contribution in [1.29, 1.82) is 0 Å². The second kappa shape index (κ2) is 63.6. The normalized spacial score (nSPS) is 12.8. The molecule has 0 aliphatic carbocycles. The van der Waals surface area contributed by atoms with Gasteiger partial charge in [0.1, 0.15) is 0 Å². The van der Waals surface area contributed by atoms with Crippen LogP contribution in [0, 0.1) is 0 Å². The number of hydrogen-bond donors (Lipinski definition) is 3. The van der Waals surface area contributed by atoms with Gasteiger partial charge in [-0.2, -0.15) is 0 Å². The molecular formula is C68H129NO5. The standard InChI is InChI=1S/C68H129NO5/c1-3-5-7-9-11-13-15-17-18-19-20-27-30-33-37-40-44-48-52-56-60-66(71)65(64-70)69-67(72)61-57-53-49-45-41-38-34-31-28-25-23-21-22-24-26-29-32-35-39-43-47-51-55-59-63-74-68(73)62-58-54-50-46-42-36-16-14-12-10-8-6-4-2/h14,16,23,25,56,60,65-66,70-71H,3-13,15,17-22,24,26-55,57-59,61-64H2,1-2H3,(H,69,72)/b16-14-,25-23-,60-56+. The lowest BCUT2D eigenvalue weighted by Crippen LogP contribution is -2.45. The van der Waals surface area contributed by atoms with Crippen molar-refractivity contribution in [2.75, 3.05) is 13.2 Å². The smallest absolute Gasteiger partial charge is 0.305 e.